The van der Waals surface area contributed by atoms with Crippen LogP contribution in [0.3, 0.4) is 0 Å². The van der Waals surface area contributed by atoms with Gasteiger partial charge in [-0.3, -0.25) is 16.3 Å². The number of rotatable bonds is 3. The zero-order valence-corrected chi connectivity index (χ0v) is 9.69. The highest BCUT2D eigenvalue weighted by Crippen LogP contribution is 2.56. The third kappa shape index (κ3) is 1.74. The SMILES string of the molecule is Cc1cncc(C(NN)C2CC3CC3C2)c1. The summed E-state index contributed by atoms with van der Waals surface area (Å²) in [6.07, 6.45) is 7.98. The number of fused-ring (bicyclic) bond motifs is 1. The molecule has 3 N–H and O–H groups in total. The van der Waals surface area contributed by atoms with Gasteiger partial charge in [-0.1, -0.05) is 6.07 Å². The van der Waals surface area contributed by atoms with E-state index >= 15 is 0 Å². The minimum atomic E-state index is 0.292. The molecule has 3 nitrogen and oxygen atoms in total. The van der Waals surface area contributed by atoms with E-state index in [2.05, 4.69) is 23.4 Å². The molecule has 0 bridgehead atoms. The normalized spacial score (nSPS) is 33.5. The fraction of sp³-hybridized carbons (Fsp3) is 0.615. The van der Waals surface area contributed by atoms with Gasteiger partial charge in [0.05, 0.1) is 6.04 Å². The standard InChI is InChI=1S/C13H19N3/c1-8-2-12(7-15-6-8)13(16-14)11-4-9-3-10(9)5-11/h2,6-7,9-11,13,16H,3-5,14H2,1H3. The maximum atomic E-state index is 5.72. The topological polar surface area (TPSA) is 50.9 Å². The Balaban J connectivity index is 1.79. The summed E-state index contributed by atoms with van der Waals surface area (Å²) in [7, 11) is 0. The van der Waals surface area contributed by atoms with Gasteiger partial charge >= 0.3 is 0 Å². The lowest BCUT2D eigenvalue weighted by Crippen LogP contribution is -2.33. The van der Waals surface area contributed by atoms with E-state index in [1.54, 1.807) is 0 Å². The van der Waals surface area contributed by atoms with Gasteiger partial charge in [0.2, 0.25) is 0 Å². The molecule has 0 spiro atoms. The molecule has 3 heteroatoms. The predicted molar refractivity (Wildman–Crippen MR) is 63.4 cm³/mol. The maximum absolute atomic E-state index is 5.72. The second kappa shape index (κ2) is 3.82. The number of aromatic nitrogens is 1. The quantitative estimate of drug-likeness (QED) is 0.601. The van der Waals surface area contributed by atoms with Crippen LogP contribution in [0.1, 0.15) is 36.4 Å². The lowest BCUT2D eigenvalue weighted by Gasteiger charge is -2.24. The van der Waals surface area contributed by atoms with Crippen LogP contribution in [-0.2, 0) is 0 Å². The summed E-state index contributed by atoms with van der Waals surface area (Å²) in [5, 5.41) is 0. The van der Waals surface area contributed by atoms with E-state index in [1.807, 2.05) is 12.4 Å². The highest BCUT2D eigenvalue weighted by Gasteiger charge is 2.47. The van der Waals surface area contributed by atoms with Gasteiger partial charge in [-0.05, 0) is 55.1 Å². The molecule has 0 saturated heterocycles. The third-order valence-corrected chi connectivity index (χ3v) is 4.19. The molecule has 2 fully saturated rings. The lowest BCUT2D eigenvalue weighted by molar-refractivity contribution is 0.345. The van der Waals surface area contributed by atoms with Gasteiger partial charge in [0, 0.05) is 12.4 Å². The lowest BCUT2D eigenvalue weighted by atomic mass is 9.90. The highest BCUT2D eigenvalue weighted by molar-refractivity contribution is 5.21. The van der Waals surface area contributed by atoms with Crippen molar-refractivity contribution in [2.75, 3.05) is 0 Å². The largest absolute Gasteiger partial charge is 0.271 e. The molecule has 16 heavy (non-hydrogen) atoms. The van der Waals surface area contributed by atoms with Crippen LogP contribution in [0.5, 0.6) is 0 Å². The molecule has 86 valence electrons. The minimum Gasteiger partial charge on any atom is -0.271 e. The fourth-order valence-electron chi connectivity index (χ4n) is 3.29. The first-order chi connectivity index (χ1) is 7.78. The number of hydrogen-bond acceptors (Lipinski definition) is 3. The first-order valence-electron chi connectivity index (χ1n) is 6.15. The van der Waals surface area contributed by atoms with Crippen molar-refractivity contribution in [1.82, 2.24) is 10.4 Å². The Labute approximate surface area is 96.4 Å². The summed E-state index contributed by atoms with van der Waals surface area (Å²) in [5.74, 6) is 8.42. The molecule has 2 aliphatic rings. The Morgan fingerprint density at radius 1 is 1.31 bits per heavy atom. The molecule has 1 aromatic heterocycles. The zero-order valence-electron chi connectivity index (χ0n) is 9.69. The van der Waals surface area contributed by atoms with E-state index in [0.717, 1.165) is 11.8 Å². The number of hydrogen-bond donors (Lipinski definition) is 2. The Kier molecular flexibility index (Phi) is 2.45. The molecular formula is C13H19N3. The van der Waals surface area contributed by atoms with E-state index in [1.165, 1.54) is 30.4 Å². The summed E-state index contributed by atoms with van der Waals surface area (Å²) in [4.78, 5) is 4.26. The van der Waals surface area contributed by atoms with Crippen LogP contribution >= 0.6 is 0 Å². The smallest absolute Gasteiger partial charge is 0.0503 e. The van der Waals surface area contributed by atoms with E-state index in [0.29, 0.717) is 12.0 Å². The number of pyridine rings is 1. The number of hydrazine groups is 1. The summed E-state index contributed by atoms with van der Waals surface area (Å²) < 4.78 is 0. The zero-order chi connectivity index (χ0) is 11.1. The first kappa shape index (κ1) is 10.2. The molecule has 0 radical (unpaired) electrons. The van der Waals surface area contributed by atoms with Gasteiger partial charge < -0.3 is 0 Å². The molecule has 1 aromatic rings. The van der Waals surface area contributed by atoms with E-state index in [9.17, 15) is 0 Å². The molecule has 0 aromatic carbocycles. The Morgan fingerprint density at radius 3 is 2.69 bits per heavy atom. The number of aryl methyl sites for hydroxylation is 1. The third-order valence-electron chi connectivity index (χ3n) is 4.19. The van der Waals surface area contributed by atoms with Crippen molar-refractivity contribution >= 4 is 0 Å². The molecular weight excluding hydrogens is 198 g/mol. The molecule has 3 atom stereocenters. The minimum absolute atomic E-state index is 0.292. The number of nitrogens with two attached hydrogens (primary N) is 1. The van der Waals surface area contributed by atoms with Gasteiger partial charge in [0.15, 0.2) is 0 Å². The summed E-state index contributed by atoms with van der Waals surface area (Å²) in [6.45, 7) is 2.08. The van der Waals surface area contributed by atoms with Crippen LogP contribution in [-0.4, -0.2) is 4.98 Å². The second-order valence-electron chi connectivity index (χ2n) is 5.43. The fourth-order valence-corrected chi connectivity index (χ4v) is 3.29. The number of nitrogens with zero attached hydrogens (tertiary/aromatic N) is 1. The Bertz CT molecular complexity index is 381. The van der Waals surface area contributed by atoms with Crippen LogP contribution in [0.15, 0.2) is 18.5 Å². The van der Waals surface area contributed by atoms with Crippen molar-refractivity contribution in [3.63, 3.8) is 0 Å². The van der Waals surface area contributed by atoms with Crippen LogP contribution in [0.2, 0.25) is 0 Å². The summed E-state index contributed by atoms with van der Waals surface area (Å²) in [6, 6.07) is 2.49. The summed E-state index contributed by atoms with van der Waals surface area (Å²) >= 11 is 0. The van der Waals surface area contributed by atoms with Crippen LogP contribution < -0.4 is 11.3 Å². The molecule has 0 aliphatic heterocycles. The van der Waals surface area contributed by atoms with Crippen molar-refractivity contribution in [2.45, 2.75) is 32.2 Å². The molecule has 3 unspecified atom stereocenters. The summed E-state index contributed by atoms with van der Waals surface area (Å²) in [5.41, 5.74) is 5.44. The number of nitrogens with one attached hydrogen (secondary N) is 1. The van der Waals surface area contributed by atoms with Crippen molar-refractivity contribution in [1.29, 1.82) is 0 Å². The van der Waals surface area contributed by atoms with Gasteiger partial charge in [-0.2, -0.15) is 0 Å². The predicted octanol–water partition coefficient (Wildman–Crippen LogP) is 1.94. The maximum Gasteiger partial charge on any atom is 0.0503 e. The van der Waals surface area contributed by atoms with E-state index in [-0.39, 0.29) is 0 Å². The van der Waals surface area contributed by atoms with Crippen LogP contribution in [0.25, 0.3) is 0 Å². The molecule has 2 aliphatic carbocycles. The van der Waals surface area contributed by atoms with Crippen LogP contribution in [0, 0.1) is 24.7 Å². The Hall–Kier alpha value is -0.930. The molecule has 2 saturated carbocycles. The second-order valence-corrected chi connectivity index (χ2v) is 5.43. The van der Waals surface area contributed by atoms with E-state index in [4.69, 9.17) is 5.84 Å². The van der Waals surface area contributed by atoms with Gasteiger partial charge in [-0.15, -0.1) is 0 Å². The van der Waals surface area contributed by atoms with Gasteiger partial charge in [-0.25, -0.2) is 0 Å². The monoisotopic (exact) mass is 217 g/mol. The van der Waals surface area contributed by atoms with Crippen molar-refractivity contribution in [3.8, 4) is 0 Å². The van der Waals surface area contributed by atoms with E-state index < -0.39 is 0 Å². The Morgan fingerprint density at radius 2 is 2.06 bits per heavy atom. The average molecular weight is 217 g/mol. The van der Waals surface area contributed by atoms with Crippen molar-refractivity contribution < 1.29 is 0 Å². The van der Waals surface area contributed by atoms with Gasteiger partial charge in [0.1, 0.15) is 0 Å². The highest BCUT2D eigenvalue weighted by atomic mass is 15.2. The van der Waals surface area contributed by atoms with Crippen LogP contribution in [0.4, 0.5) is 0 Å². The van der Waals surface area contributed by atoms with Crippen molar-refractivity contribution in [2.24, 2.45) is 23.6 Å². The first-order valence-corrected chi connectivity index (χ1v) is 6.15. The average Bonchev–Trinajstić information content (AvgIpc) is 2.88. The molecule has 3 rings (SSSR count). The molecule has 0 amide bonds. The molecule has 1 heterocycles. The van der Waals surface area contributed by atoms with Gasteiger partial charge in [0.25, 0.3) is 0 Å². The van der Waals surface area contributed by atoms with Crippen molar-refractivity contribution in [3.05, 3.63) is 29.6 Å².